The van der Waals surface area contributed by atoms with Gasteiger partial charge in [0.2, 0.25) is 0 Å². The first-order valence-electron chi connectivity index (χ1n) is 6.48. The monoisotopic (exact) mass is 295 g/mol. The number of nitrogens with one attached hydrogen (secondary N) is 1. The van der Waals surface area contributed by atoms with Gasteiger partial charge in [-0.2, -0.15) is 0 Å². The number of aliphatic hydroxyl groups excluding tert-OH is 1. The van der Waals surface area contributed by atoms with E-state index in [4.69, 9.17) is 20.8 Å². The van der Waals surface area contributed by atoms with E-state index >= 15 is 0 Å². The zero-order chi connectivity index (χ0) is 14.4. The first-order chi connectivity index (χ1) is 9.74. The number of furan rings is 1. The van der Waals surface area contributed by atoms with Crippen LogP contribution in [0.4, 0.5) is 5.69 Å². The van der Waals surface area contributed by atoms with Gasteiger partial charge in [0.25, 0.3) is 0 Å². The summed E-state index contributed by atoms with van der Waals surface area (Å²) in [6.07, 6.45) is 3.50. The fourth-order valence-electron chi connectivity index (χ4n) is 1.98. The molecule has 0 unspecified atom stereocenters. The van der Waals surface area contributed by atoms with Gasteiger partial charge in [-0.05, 0) is 24.6 Å². The lowest BCUT2D eigenvalue weighted by Crippen LogP contribution is -2.04. The van der Waals surface area contributed by atoms with E-state index in [0.29, 0.717) is 16.3 Å². The number of hydrogen-bond donors (Lipinski definition) is 2. The number of ether oxygens (including phenoxy) is 1. The van der Waals surface area contributed by atoms with Crippen LogP contribution in [0.25, 0.3) is 0 Å². The van der Waals surface area contributed by atoms with Crippen LogP contribution >= 0.6 is 11.6 Å². The van der Waals surface area contributed by atoms with Crippen molar-refractivity contribution in [1.29, 1.82) is 0 Å². The highest BCUT2D eigenvalue weighted by Gasteiger charge is 2.08. The minimum absolute atomic E-state index is 0.0956. The highest BCUT2D eigenvalue weighted by molar-refractivity contribution is 6.33. The molecular weight excluding hydrogens is 278 g/mol. The van der Waals surface area contributed by atoms with E-state index in [1.54, 1.807) is 25.5 Å². The van der Waals surface area contributed by atoms with E-state index in [2.05, 4.69) is 5.32 Å². The fraction of sp³-hybridized carbons (Fsp3) is 0.333. The summed E-state index contributed by atoms with van der Waals surface area (Å²) in [6, 6.07) is 7.38. The quantitative estimate of drug-likeness (QED) is 0.768. The minimum atomic E-state index is -0.0956. The largest absolute Gasteiger partial charge is 0.496 e. The summed E-state index contributed by atoms with van der Waals surface area (Å²) in [4.78, 5) is 0. The molecule has 0 saturated heterocycles. The van der Waals surface area contributed by atoms with Crippen molar-refractivity contribution in [2.24, 2.45) is 0 Å². The summed E-state index contributed by atoms with van der Waals surface area (Å²) < 4.78 is 10.5. The van der Waals surface area contributed by atoms with Gasteiger partial charge in [0.05, 0.1) is 30.7 Å². The molecule has 0 atom stereocenters. The first kappa shape index (κ1) is 14.8. The van der Waals surface area contributed by atoms with Crippen LogP contribution in [-0.4, -0.2) is 18.8 Å². The van der Waals surface area contributed by atoms with Crippen molar-refractivity contribution >= 4 is 17.3 Å². The minimum Gasteiger partial charge on any atom is -0.496 e. The number of benzene rings is 1. The van der Waals surface area contributed by atoms with Gasteiger partial charge >= 0.3 is 0 Å². The van der Waals surface area contributed by atoms with Gasteiger partial charge < -0.3 is 19.6 Å². The van der Waals surface area contributed by atoms with Crippen molar-refractivity contribution in [3.63, 3.8) is 0 Å². The third-order valence-electron chi connectivity index (χ3n) is 3.04. The van der Waals surface area contributed by atoms with Gasteiger partial charge in [-0.25, -0.2) is 0 Å². The van der Waals surface area contributed by atoms with Crippen LogP contribution in [-0.2, 0) is 13.0 Å². The van der Waals surface area contributed by atoms with Gasteiger partial charge in [-0.1, -0.05) is 11.6 Å². The van der Waals surface area contributed by atoms with Crippen molar-refractivity contribution in [3.8, 4) is 5.75 Å². The lowest BCUT2D eigenvalue weighted by Gasteiger charge is -2.13. The summed E-state index contributed by atoms with van der Waals surface area (Å²) in [5.74, 6) is 1.61. The number of hydrogen-bond acceptors (Lipinski definition) is 4. The second-order valence-electron chi connectivity index (χ2n) is 4.41. The number of aryl methyl sites for hydroxylation is 1. The summed E-state index contributed by atoms with van der Waals surface area (Å²) in [6.45, 7) is 0.684. The van der Waals surface area contributed by atoms with Crippen LogP contribution in [0.1, 0.15) is 17.7 Å². The third kappa shape index (κ3) is 3.68. The normalized spacial score (nSPS) is 10.6. The summed E-state index contributed by atoms with van der Waals surface area (Å²) in [5, 5.41) is 13.1. The molecule has 1 heterocycles. The summed E-state index contributed by atoms with van der Waals surface area (Å²) >= 11 is 6.17. The Labute approximate surface area is 123 Å². The number of halogens is 1. The molecule has 4 nitrogen and oxygen atoms in total. The fourth-order valence-corrected chi connectivity index (χ4v) is 2.24. The highest BCUT2D eigenvalue weighted by atomic mass is 35.5. The van der Waals surface area contributed by atoms with E-state index < -0.39 is 0 Å². The number of methoxy groups -OCH3 is 1. The maximum absolute atomic E-state index is 9.22. The molecule has 0 aliphatic carbocycles. The van der Waals surface area contributed by atoms with E-state index in [1.807, 2.05) is 12.1 Å². The molecule has 0 radical (unpaired) electrons. The lowest BCUT2D eigenvalue weighted by atomic mass is 10.2. The first-order valence-corrected chi connectivity index (χ1v) is 6.86. The Morgan fingerprint density at radius 1 is 1.40 bits per heavy atom. The topological polar surface area (TPSA) is 54.6 Å². The smallest absolute Gasteiger partial charge is 0.126 e. The highest BCUT2D eigenvalue weighted by Crippen LogP contribution is 2.30. The lowest BCUT2D eigenvalue weighted by molar-refractivity contribution is 0.274. The van der Waals surface area contributed by atoms with Gasteiger partial charge in [-0.3, -0.25) is 0 Å². The molecule has 0 amide bonds. The molecule has 1 aromatic carbocycles. The van der Waals surface area contributed by atoms with Crippen molar-refractivity contribution < 1.29 is 14.3 Å². The second-order valence-corrected chi connectivity index (χ2v) is 4.82. The zero-order valence-corrected chi connectivity index (χ0v) is 12.1. The molecule has 0 aliphatic rings. The standard InChI is InChI=1S/C15H18ClNO3/c1-19-15-9-14(13(16)8-11(15)10-18)17-6-2-4-12-5-3-7-20-12/h3,5,7-9,17-18H,2,4,6,10H2,1H3. The maximum Gasteiger partial charge on any atom is 0.126 e. The molecule has 1 aromatic heterocycles. The number of rotatable bonds is 7. The molecule has 0 aliphatic heterocycles. The SMILES string of the molecule is COc1cc(NCCCc2ccco2)c(Cl)cc1CO. The Morgan fingerprint density at radius 3 is 2.90 bits per heavy atom. The van der Waals surface area contributed by atoms with Crippen molar-refractivity contribution in [3.05, 3.63) is 46.9 Å². The zero-order valence-electron chi connectivity index (χ0n) is 11.4. The number of anilines is 1. The molecule has 2 rings (SSSR count). The predicted molar refractivity (Wildman–Crippen MR) is 79.4 cm³/mol. The van der Waals surface area contributed by atoms with Crippen molar-refractivity contribution in [1.82, 2.24) is 0 Å². The van der Waals surface area contributed by atoms with Crippen LogP contribution in [0.15, 0.2) is 34.9 Å². The Balaban J connectivity index is 1.92. The Hall–Kier alpha value is -1.65. The van der Waals surface area contributed by atoms with Crippen LogP contribution in [0.3, 0.4) is 0 Å². The predicted octanol–water partition coefficient (Wildman–Crippen LogP) is 3.48. The molecular formula is C15H18ClNO3. The van der Waals surface area contributed by atoms with Gasteiger partial charge in [-0.15, -0.1) is 0 Å². The van der Waals surface area contributed by atoms with Gasteiger partial charge in [0.15, 0.2) is 0 Å². The molecule has 0 saturated carbocycles. The molecule has 20 heavy (non-hydrogen) atoms. The summed E-state index contributed by atoms with van der Waals surface area (Å²) in [5.41, 5.74) is 1.48. The van der Waals surface area contributed by atoms with Crippen molar-refractivity contribution in [2.75, 3.05) is 19.0 Å². The molecule has 0 spiro atoms. The molecule has 108 valence electrons. The van der Waals surface area contributed by atoms with Gasteiger partial charge in [0, 0.05) is 24.6 Å². The van der Waals surface area contributed by atoms with E-state index in [9.17, 15) is 5.11 Å². The average molecular weight is 296 g/mol. The molecule has 0 fully saturated rings. The Bertz CT molecular complexity index is 540. The average Bonchev–Trinajstić information content (AvgIpc) is 2.97. The molecule has 2 N–H and O–H groups in total. The van der Waals surface area contributed by atoms with E-state index in [0.717, 1.165) is 30.8 Å². The summed E-state index contributed by atoms with van der Waals surface area (Å²) in [7, 11) is 1.57. The maximum atomic E-state index is 9.22. The van der Waals surface area contributed by atoms with Crippen molar-refractivity contribution in [2.45, 2.75) is 19.4 Å². The Morgan fingerprint density at radius 2 is 2.25 bits per heavy atom. The van der Waals surface area contributed by atoms with Gasteiger partial charge in [0.1, 0.15) is 11.5 Å². The van der Waals surface area contributed by atoms with Crippen LogP contribution in [0, 0.1) is 0 Å². The third-order valence-corrected chi connectivity index (χ3v) is 3.35. The Kier molecular flexibility index (Phi) is 5.32. The van der Waals surface area contributed by atoms with E-state index in [1.165, 1.54) is 0 Å². The number of aliphatic hydroxyl groups is 1. The van der Waals surface area contributed by atoms with E-state index in [-0.39, 0.29) is 6.61 Å². The molecule has 2 aromatic rings. The molecule has 5 heteroatoms. The van der Waals surface area contributed by atoms with Crippen LogP contribution in [0.5, 0.6) is 5.75 Å². The molecule has 0 bridgehead atoms. The van der Waals surface area contributed by atoms with Crippen LogP contribution in [0.2, 0.25) is 5.02 Å². The van der Waals surface area contributed by atoms with Crippen LogP contribution < -0.4 is 10.1 Å². The second kappa shape index (κ2) is 7.22.